The maximum atomic E-state index is 14.6. The molecule has 2 fully saturated rings. The lowest BCUT2D eigenvalue weighted by Crippen LogP contribution is -2.31. The second kappa shape index (κ2) is 12.5. The molecular weight excluding hydrogens is 398 g/mol. The molecular formula is C26H38F2O3. The lowest BCUT2D eigenvalue weighted by Gasteiger charge is -2.32. The molecule has 31 heavy (non-hydrogen) atoms. The van der Waals surface area contributed by atoms with E-state index >= 15 is 0 Å². The lowest BCUT2D eigenvalue weighted by molar-refractivity contribution is -0.0643. The molecule has 1 aromatic carbocycles. The second-order valence-corrected chi connectivity index (χ2v) is 9.05. The molecule has 1 aliphatic carbocycles. The molecule has 174 valence electrons. The minimum absolute atomic E-state index is 0.0214. The smallest absolute Gasteiger partial charge is 0.200 e. The van der Waals surface area contributed by atoms with Gasteiger partial charge in [-0.15, -0.1) is 6.58 Å². The number of ether oxygens (including phenoxy) is 3. The van der Waals surface area contributed by atoms with Gasteiger partial charge in [0.1, 0.15) is 0 Å². The van der Waals surface area contributed by atoms with Crippen molar-refractivity contribution in [2.24, 2.45) is 5.92 Å². The van der Waals surface area contributed by atoms with Gasteiger partial charge < -0.3 is 14.2 Å². The zero-order valence-corrected chi connectivity index (χ0v) is 18.9. The number of halogens is 2. The molecule has 0 aromatic heterocycles. The zero-order chi connectivity index (χ0) is 22.1. The maximum Gasteiger partial charge on any atom is 0.200 e. The Morgan fingerprint density at radius 2 is 1.90 bits per heavy atom. The van der Waals surface area contributed by atoms with Crippen LogP contribution < -0.4 is 4.74 Å². The SMILES string of the molecule is C=CCCC1CCC(COC2CCC(c3ccc(OCCCC)c(F)c3F)CC2)CO1. The molecule has 0 radical (unpaired) electrons. The Morgan fingerprint density at radius 1 is 1.10 bits per heavy atom. The normalized spacial score (nSPS) is 26.5. The van der Waals surface area contributed by atoms with E-state index in [2.05, 4.69) is 6.58 Å². The summed E-state index contributed by atoms with van der Waals surface area (Å²) < 4.78 is 46.6. The third-order valence-corrected chi connectivity index (χ3v) is 6.67. The topological polar surface area (TPSA) is 27.7 Å². The van der Waals surface area contributed by atoms with E-state index in [9.17, 15) is 8.78 Å². The van der Waals surface area contributed by atoms with Crippen molar-refractivity contribution in [2.75, 3.05) is 19.8 Å². The van der Waals surface area contributed by atoms with Crippen LogP contribution in [0.3, 0.4) is 0 Å². The quantitative estimate of drug-likeness (QED) is 0.277. The van der Waals surface area contributed by atoms with E-state index in [1.54, 1.807) is 12.1 Å². The third-order valence-electron chi connectivity index (χ3n) is 6.67. The molecule has 1 saturated heterocycles. The molecule has 5 heteroatoms. The Balaban J connectivity index is 1.41. The van der Waals surface area contributed by atoms with Crippen molar-refractivity contribution in [3.8, 4) is 5.75 Å². The predicted molar refractivity (Wildman–Crippen MR) is 120 cm³/mol. The molecule has 1 saturated carbocycles. The molecule has 0 spiro atoms. The van der Waals surface area contributed by atoms with Crippen LogP contribution in [0.15, 0.2) is 24.8 Å². The molecule has 0 amide bonds. The fourth-order valence-corrected chi connectivity index (χ4v) is 4.64. The summed E-state index contributed by atoms with van der Waals surface area (Å²) in [5, 5.41) is 0. The first-order valence-corrected chi connectivity index (χ1v) is 12.1. The highest BCUT2D eigenvalue weighted by Crippen LogP contribution is 2.37. The summed E-state index contributed by atoms with van der Waals surface area (Å²) in [5.41, 5.74) is 0.477. The van der Waals surface area contributed by atoms with Crippen molar-refractivity contribution in [3.63, 3.8) is 0 Å². The monoisotopic (exact) mass is 436 g/mol. The average molecular weight is 437 g/mol. The van der Waals surface area contributed by atoms with Gasteiger partial charge in [-0.3, -0.25) is 0 Å². The van der Waals surface area contributed by atoms with Crippen LogP contribution in [0.2, 0.25) is 0 Å². The van der Waals surface area contributed by atoms with Crippen LogP contribution in [0.1, 0.15) is 82.6 Å². The van der Waals surface area contributed by atoms with Crippen molar-refractivity contribution in [3.05, 3.63) is 42.0 Å². The van der Waals surface area contributed by atoms with Gasteiger partial charge in [0.2, 0.25) is 5.82 Å². The highest BCUT2D eigenvalue weighted by molar-refractivity contribution is 5.33. The summed E-state index contributed by atoms with van der Waals surface area (Å²) in [4.78, 5) is 0. The molecule has 2 aliphatic rings. The number of rotatable bonds is 11. The largest absolute Gasteiger partial charge is 0.490 e. The van der Waals surface area contributed by atoms with Crippen LogP contribution in [-0.4, -0.2) is 32.0 Å². The second-order valence-electron chi connectivity index (χ2n) is 9.05. The standard InChI is InChI=1S/C26H38F2O3/c1-3-5-7-21-11-8-19(17-30-21)18-31-22-12-9-20(10-13-22)23-14-15-24(26(28)25(23)27)29-16-6-4-2/h3,14-15,19-22H,1,4-13,16-18H2,2H3. The molecule has 0 bridgehead atoms. The van der Waals surface area contributed by atoms with Crippen molar-refractivity contribution in [1.82, 2.24) is 0 Å². The van der Waals surface area contributed by atoms with Crippen LogP contribution in [0.4, 0.5) is 8.78 Å². The number of benzene rings is 1. The number of hydrogen-bond donors (Lipinski definition) is 0. The van der Waals surface area contributed by atoms with E-state index in [0.717, 1.165) is 77.4 Å². The summed E-state index contributed by atoms with van der Waals surface area (Å²) in [6, 6.07) is 3.28. The minimum Gasteiger partial charge on any atom is -0.490 e. The Hall–Kier alpha value is -1.46. The summed E-state index contributed by atoms with van der Waals surface area (Å²) >= 11 is 0. The Labute approximate surface area is 186 Å². The van der Waals surface area contributed by atoms with Gasteiger partial charge in [0, 0.05) is 5.92 Å². The minimum atomic E-state index is -0.851. The zero-order valence-electron chi connectivity index (χ0n) is 18.9. The third kappa shape index (κ3) is 7.01. The van der Waals surface area contributed by atoms with Gasteiger partial charge in [-0.05, 0) is 75.3 Å². The van der Waals surface area contributed by atoms with Crippen molar-refractivity contribution >= 4 is 0 Å². The fraction of sp³-hybridized carbons (Fsp3) is 0.692. The van der Waals surface area contributed by atoms with Gasteiger partial charge in [0.25, 0.3) is 0 Å². The molecule has 2 atom stereocenters. The van der Waals surface area contributed by atoms with E-state index in [1.807, 2.05) is 13.0 Å². The molecule has 2 unspecified atom stereocenters. The number of allylic oxidation sites excluding steroid dienone is 1. The maximum absolute atomic E-state index is 14.6. The molecule has 3 nitrogen and oxygen atoms in total. The molecule has 1 heterocycles. The summed E-state index contributed by atoms with van der Waals surface area (Å²) in [5.74, 6) is -1.07. The van der Waals surface area contributed by atoms with Crippen molar-refractivity contribution in [1.29, 1.82) is 0 Å². The van der Waals surface area contributed by atoms with Gasteiger partial charge in [-0.1, -0.05) is 25.5 Å². The van der Waals surface area contributed by atoms with Crippen LogP contribution in [0, 0.1) is 17.6 Å². The first-order valence-electron chi connectivity index (χ1n) is 12.1. The van der Waals surface area contributed by atoms with Crippen LogP contribution in [-0.2, 0) is 9.47 Å². The van der Waals surface area contributed by atoms with E-state index in [4.69, 9.17) is 14.2 Å². The Bertz CT molecular complexity index is 677. The van der Waals surface area contributed by atoms with Gasteiger partial charge in [-0.2, -0.15) is 4.39 Å². The average Bonchev–Trinajstić information content (AvgIpc) is 2.80. The van der Waals surface area contributed by atoms with Gasteiger partial charge in [0.05, 0.1) is 32.0 Å². The summed E-state index contributed by atoms with van der Waals surface area (Å²) in [6.07, 6.45) is 12.0. The highest BCUT2D eigenvalue weighted by atomic mass is 19.2. The Kier molecular flexibility index (Phi) is 9.79. The van der Waals surface area contributed by atoms with E-state index in [0.29, 0.717) is 24.2 Å². The van der Waals surface area contributed by atoms with Crippen LogP contribution in [0.5, 0.6) is 5.75 Å². The van der Waals surface area contributed by atoms with Gasteiger partial charge >= 0.3 is 0 Å². The molecule has 0 N–H and O–H groups in total. The molecule has 1 aliphatic heterocycles. The summed E-state index contributed by atoms with van der Waals surface area (Å²) in [6.45, 7) is 7.72. The lowest BCUT2D eigenvalue weighted by atomic mass is 9.82. The molecule has 1 aromatic rings. The number of hydrogen-bond acceptors (Lipinski definition) is 3. The predicted octanol–water partition coefficient (Wildman–Crippen LogP) is 6.95. The van der Waals surface area contributed by atoms with Gasteiger partial charge in [-0.25, -0.2) is 4.39 Å². The Morgan fingerprint density at radius 3 is 2.58 bits per heavy atom. The highest BCUT2D eigenvalue weighted by Gasteiger charge is 2.28. The van der Waals surface area contributed by atoms with Crippen LogP contribution in [0.25, 0.3) is 0 Å². The molecule has 3 rings (SSSR count). The number of unbranched alkanes of at least 4 members (excludes halogenated alkanes) is 1. The van der Waals surface area contributed by atoms with E-state index in [-0.39, 0.29) is 17.8 Å². The van der Waals surface area contributed by atoms with E-state index < -0.39 is 11.6 Å². The van der Waals surface area contributed by atoms with Gasteiger partial charge in [0.15, 0.2) is 11.6 Å². The van der Waals surface area contributed by atoms with E-state index in [1.165, 1.54) is 0 Å². The summed E-state index contributed by atoms with van der Waals surface area (Å²) in [7, 11) is 0. The first kappa shape index (κ1) is 24.2. The fourth-order valence-electron chi connectivity index (χ4n) is 4.64. The first-order chi connectivity index (χ1) is 15.1. The van der Waals surface area contributed by atoms with Crippen LogP contribution >= 0.6 is 0 Å². The van der Waals surface area contributed by atoms with Crippen molar-refractivity contribution in [2.45, 2.75) is 89.3 Å². The van der Waals surface area contributed by atoms with Crippen molar-refractivity contribution < 1.29 is 23.0 Å².